The van der Waals surface area contributed by atoms with Crippen LogP contribution in [0.15, 0.2) is 66.7 Å². The van der Waals surface area contributed by atoms with Crippen LogP contribution in [0.3, 0.4) is 0 Å². The number of amides is 1. The van der Waals surface area contributed by atoms with Crippen LogP contribution in [0.4, 0.5) is 0 Å². The molecule has 0 fully saturated rings. The summed E-state index contributed by atoms with van der Waals surface area (Å²) >= 11 is 0. The predicted octanol–water partition coefficient (Wildman–Crippen LogP) is 5.34. The molecule has 4 rings (SSSR count). The summed E-state index contributed by atoms with van der Waals surface area (Å²) in [6.45, 7) is 5.73. The maximum atomic E-state index is 13.0. The first kappa shape index (κ1) is 24.1. The van der Waals surface area contributed by atoms with E-state index >= 15 is 0 Å². The number of aryl methyl sites for hydroxylation is 2. The SMILES string of the molecule is Cc1cccc([C@H](C)NC(=O)c2ccc3c(Cc4cccc(OCC(=O)O)c4)c(C)n(C)c3c2)c1. The van der Waals surface area contributed by atoms with Gasteiger partial charge in [0, 0.05) is 29.2 Å². The number of carboxylic acids is 1. The smallest absolute Gasteiger partial charge is 0.341 e. The highest BCUT2D eigenvalue weighted by molar-refractivity contribution is 5.99. The Bertz CT molecular complexity index is 1400. The van der Waals surface area contributed by atoms with Gasteiger partial charge in [0.25, 0.3) is 5.91 Å². The summed E-state index contributed by atoms with van der Waals surface area (Å²) in [4.78, 5) is 23.8. The molecule has 1 atom stereocenters. The van der Waals surface area contributed by atoms with Crippen molar-refractivity contribution in [3.63, 3.8) is 0 Å². The lowest BCUT2D eigenvalue weighted by molar-refractivity contribution is -0.139. The minimum absolute atomic E-state index is 0.0978. The van der Waals surface area contributed by atoms with Gasteiger partial charge in [0.2, 0.25) is 0 Å². The highest BCUT2D eigenvalue weighted by Crippen LogP contribution is 2.29. The van der Waals surface area contributed by atoms with Crippen LogP contribution in [0.2, 0.25) is 0 Å². The molecular formula is C29H30N2O4. The number of fused-ring (bicyclic) bond motifs is 1. The van der Waals surface area contributed by atoms with Crippen molar-refractivity contribution < 1.29 is 19.4 Å². The number of carbonyl (C=O) groups excluding carboxylic acids is 1. The van der Waals surface area contributed by atoms with Gasteiger partial charge in [-0.3, -0.25) is 4.79 Å². The molecule has 35 heavy (non-hydrogen) atoms. The van der Waals surface area contributed by atoms with Crippen molar-refractivity contribution in [2.45, 2.75) is 33.2 Å². The van der Waals surface area contributed by atoms with E-state index in [1.807, 2.05) is 75.5 Å². The topological polar surface area (TPSA) is 80.6 Å². The molecule has 0 saturated heterocycles. The molecule has 0 aliphatic rings. The van der Waals surface area contributed by atoms with Crippen LogP contribution >= 0.6 is 0 Å². The van der Waals surface area contributed by atoms with Gasteiger partial charge < -0.3 is 19.7 Å². The summed E-state index contributed by atoms with van der Waals surface area (Å²) in [5, 5.41) is 13.1. The Hall–Kier alpha value is -4.06. The number of aromatic nitrogens is 1. The van der Waals surface area contributed by atoms with Crippen LogP contribution in [0.25, 0.3) is 10.9 Å². The maximum Gasteiger partial charge on any atom is 0.341 e. The van der Waals surface area contributed by atoms with Crippen molar-refractivity contribution in [1.82, 2.24) is 9.88 Å². The normalized spacial score (nSPS) is 11.9. The largest absolute Gasteiger partial charge is 0.482 e. The number of carboxylic acid groups (broad SMARTS) is 1. The van der Waals surface area contributed by atoms with Crippen LogP contribution < -0.4 is 10.1 Å². The number of ether oxygens (including phenoxy) is 1. The zero-order valence-corrected chi connectivity index (χ0v) is 20.5. The molecule has 0 aliphatic carbocycles. The Morgan fingerprint density at radius 1 is 1.03 bits per heavy atom. The Morgan fingerprint density at radius 2 is 1.80 bits per heavy atom. The zero-order chi connectivity index (χ0) is 25.1. The Balaban J connectivity index is 1.57. The fourth-order valence-electron chi connectivity index (χ4n) is 4.40. The van der Waals surface area contributed by atoms with Crippen molar-refractivity contribution in [3.8, 4) is 5.75 Å². The van der Waals surface area contributed by atoms with E-state index in [2.05, 4.69) is 22.9 Å². The number of carbonyl (C=O) groups is 2. The lowest BCUT2D eigenvalue weighted by Crippen LogP contribution is -2.26. The second-order valence-corrected chi connectivity index (χ2v) is 8.97. The van der Waals surface area contributed by atoms with Crippen molar-refractivity contribution in [1.29, 1.82) is 0 Å². The molecule has 0 unspecified atom stereocenters. The number of hydrogen-bond donors (Lipinski definition) is 2. The fraction of sp³-hybridized carbons (Fsp3) is 0.241. The van der Waals surface area contributed by atoms with Gasteiger partial charge >= 0.3 is 5.97 Å². The Labute approximate surface area is 205 Å². The summed E-state index contributed by atoms with van der Waals surface area (Å²) in [7, 11) is 2.00. The number of hydrogen-bond acceptors (Lipinski definition) is 3. The average Bonchev–Trinajstić information content (AvgIpc) is 3.07. The van der Waals surface area contributed by atoms with E-state index in [1.54, 1.807) is 6.07 Å². The lowest BCUT2D eigenvalue weighted by Gasteiger charge is -2.15. The van der Waals surface area contributed by atoms with Crippen molar-refractivity contribution in [2.24, 2.45) is 7.05 Å². The van der Waals surface area contributed by atoms with E-state index in [4.69, 9.17) is 9.84 Å². The predicted molar refractivity (Wildman–Crippen MR) is 137 cm³/mol. The molecule has 0 radical (unpaired) electrons. The molecular weight excluding hydrogens is 440 g/mol. The lowest BCUT2D eigenvalue weighted by atomic mass is 10.0. The molecule has 1 amide bonds. The molecule has 0 bridgehead atoms. The Kier molecular flexibility index (Phi) is 6.92. The minimum atomic E-state index is -1.01. The van der Waals surface area contributed by atoms with Gasteiger partial charge in [-0.25, -0.2) is 4.79 Å². The molecule has 1 aromatic heterocycles. The van der Waals surface area contributed by atoms with Crippen LogP contribution in [0.5, 0.6) is 5.75 Å². The van der Waals surface area contributed by atoms with E-state index in [1.165, 1.54) is 0 Å². The second kappa shape index (κ2) is 10.1. The van der Waals surface area contributed by atoms with E-state index < -0.39 is 5.97 Å². The summed E-state index contributed by atoms with van der Waals surface area (Å²) < 4.78 is 7.44. The number of nitrogens with one attached hydrogen (secondary N) is 1. The van der Waals surface area contributed by atoms with E-state index in [0.29, 0.717) is 17.7 Å². The first-order valence-electron chi connectivity index (χ1n) is 11.6. The van der Waals surface area contributed by atoms with Gasteiger partial charge in [0.05, 0.1) is 6.04 Å². The molecule has 0 spiro atoms. The number of benzene rings is 3. The standard InChI is InChI=1S/C29H30N2O4/c1-18-7-5-9-22(13-18)19(2)30-29(34)23-11-12-25-26(20(3)31(4)27(25)16-23)15-21-8-6-10-24(14-21)35-17-28(32)33/h5-14,16,19H,15,17H2,1-4H3,(H,30,34)(H,32,33)/t19-/m0/s1. The highest BCUT2D eigenvalue weighted by Gasteiger charge is 2.17. The van der Waals surface area contributed by atoms with Crippen molar-refractivity contribution in [2.75, 3.05) is 6.61 Å². The molecule has 4 aromatic rings. The summed E-state index contributed by atoms with van der Waals surface area (Å²) in [5.74, 6) is -0.581. The third kappa shape index (κ3) is 5.38. The van der Waals surface area contributed by atoms with Gasteiger partial charge in [0.15, 0.2) is 6.61 Å². The van der Waals surface area contributed by atoms with Gasteiger partial charge in [-0.2, -0.15) is 0 Å². The summed E-state index contributed by atoms with van der Waals surface area (Å²) in [6.07, 6.45) is 0.670. The minimum Gasteiger partial charge on any atom is -0.482 e. The fourth-order valence-corrected chi connectivity index (χ4v) is 4.40. The zero-order valence-electron chi connectivity index (χ0n) is 20.5. The summed E-state index contributed by atoms with van der Waals surface area (Å²) in [6, 6.07) is 21.4. The quantitative estimate of drug-likeness (QED) is 0.364. The van der Waals surface area contributed by atoms with Gasteiger partial charge in [0.1, 0.15) is 5.75 Å². The molecule has 0 saturated carbocycles. The van der Waals surface area contributed by atoms with Crippen molar-refractivity contribution in [3.05, 3.63) is 100 Å². The molecule has 6 nitrogen and oxygen atoms in total. The van der Waals surface area contributed by atoms with Gasteiger partial charge in [-0.1, -0.05) is 48.0 Å². The van der Waals surface area contributed by atoms with E-state index in [9.17, 15) is 9.59 Å². The summed E-state index contributed by atoms with van der Waals surface area (Å²) in [5.41, 5.74) is 7.15. The molecule has 1 heterocycles. The molecule has 3 aromatic carbocycles. The average molecular weight is 471 g/mol. The molecule has 180 valence electrons. The number of rotatable bonds is 8. The first-order valence-corrected chi connectivity index (χ1v) is 11.6. The van der Waals surface area contributed by atoms with E-state index in [-0.39, 0.29) is 18.6 Å². The van der Waals surface area contributed by atoms with Crippen LogP contribution in [-0.2, 0) is 18.3 Å². The van der Waals surface area contributed by atoms with Gasteiger partial charge in [-0.15, -0.1) is 0 Å². The van der Waals surface area contributed by atoms with E-state index in [0.717, 1.165) is 38.9 Å². The van der Waals surface area contributed by atoms with Crippen LogP contribution in [-0.4, -0.2) is 28.2 Å². The second-order valence-electron chi connectivity index (χ2n) is 8.97. The Morgan fingerprint density at radius 3 is 2.54 bits per heavy atom. The highest BCUT2D eigenvalue weighted by atomic mass is 16.5. The van der Waals surface area contributed by atoms with Crippen LogP contribution in [0.1, 0.15) is 51.3 Å². The number of nitrogens with zero attached hydrogens (tertiary/aromatic N) is 1. The maximum absolute atomic E-state index is 13.0. The molecule has 2 N–H and O–H groups in total. The van der Waals surface area contributed by atoms with Gasteiger partial charge in [-0.05, 0) is 68.1 Å². The monoisotopic (exact) mass is 470 g/mol. The molecule has 0 aliphatic heterocycles. The number of aliphatic carboxylic acids is 1. The van der Waals surface area contributed by atoms with Crippen molar-refractivity contribution >= 4 is 22.8 Å². The molecule has 6 heteroatoms. The first-order chi connectivity index (χ1) is 16.7. The van der Waals surface area contributed by atoms with Crippen LogP contribution in [0, 0.1) is 13.8 Å². The third-order valence-electron chi connectivity index (χ3n) is 6.42. The third-order valence-corrected chi connectivity index (χ3v) is 6.42.